The first-order chi connectivity index (χ1) is 12.1. The summed E-state index contributed by atoms with van der Waals surface area (Å²) in [4.78, 5) is 22.8. The maximum Gasteiger partial charge on any atom is 0.270 e. The molecule has 0 atom stereocenters. The van der Waals surface area contributed by atoms with Crippen LogP contribution in [-0.4, -0.2) is 20.5 Å². The van der Waals surface area contributed by atoms with Gasteiger partial charge >= 0.3 is 0 Å². The van der Waals surface area contributed by atoms with Gasteiger partial charge in [0.15, 0.2) is 5.78 Å². The van der Waals surface area contributed by atoms with Crippen LogP contribution >= 0.6 is 0 Å². The lowest BCUT2D eigenvalue weighted by Gasteiger charge is -2.04. The third-order valence-electron chi connectivity index (χ3n) is 3.78. The molecule has 0 aliphatic heterocycles. The molecule has 25 heavy (non-hydrogen) atoms. The molecular weight excluding hydrogens is 318 g/mol. The molecule has 0 aliphatic rings. The third kappa shape index (κ3) is 3.53. The van der Waals surface area contributed by atoms with Crippen LogP contribution in [0.2, 0.25) is 0 Å². The predicted molar refractivity (Wildman–Crippen MR) is 94.8 cm³/mol. The minimum Gasteiger partial charge on any atom is -0.289 e. The summed E-state index contributed by atoms with van der Waals surface area (Å²) in [6, 6.07) is 15.7. The van der Waals surface area contributed by atoms with Gasteiger partial charge in [-0.1, -0.05) is 36.4 Å². The molecule has 0 saturated carbocycles. The quantitative estimate of drug-likeness (QED) is 0.306. The molecule has 0 unspecified atom stereocenters. The molecule has 2 aromatic carbocycles. The number of benzene rings is 2. The van der Waals surface area contributed by atoms with E-state index in [9.17, 15) is 14.9 Å². The highest BCUT2D eigenvalue weighted by Gasteiger charge is 2.13. The van der Waals surface area contributed by atoms with Crippen LogP contribution in [0, 0.1) is 17.0 Å². The van der Waals surface area contributed by atoms with Gasteiger partial charge in [-0.2, -0.15) is 5.10 Å². The fraction of sp³-hybridized carbons (Fsp3) is 0.0526. The van der Waals surface area contributed by atoms with Crippen LogP contribution in [0.25, 0.3) is 11.8 Å². The van der Waals surface area contributed by atoms with Gasteiger partial charge in [0.25, 0.3) is 5.69 Å². The first-order valence-electron chi connectivity index (χ1n) is 7.63. The fourth-order valence-electron chi connectivity index (χ4n) is 2.48. The van der Waals surface area contributed by atoms with Crippen LogP contribution in [0.1, 0.15) is 21.6 Å². The highest BCUT2D eigenvalue weighted by molar-refractivity contribution is 6.07. The van der Waals surface area contributed by atoms with E-state index in [1.807, 2.05) is 37.3 Å². The molecule has 3 rings (SSSR count). The molecule has 6 nitrogen and oxygen atoms in total. The van der Waals surface area contributed by atoms with Crippen molar-refractivity contribution < 1.29 is 9.72 Å². The van der Waals surface area contributed by atoms with Crippen LogP contribution in [0.15, 0.2) is 66.9 Å². The van der Waals surface area contributed by atoms with E-state index in [1.165, 1.54) is 24.4 Å². The number of hydrogen-bond acceptors (Lipinski definition) is 4. The summed E-state index contributed by atoms with van der Waals surface area (Å²) >= 11 is 0. The Balaban J connectivity index is 1.84. The van der Waals surface area contributed by atoms with Gasteiger partial charge in [-0.05, 0) is 30.7 Å². The molecule has 124 valence electrons. The molecule has 6 heteroatoms. The number of nitrogens with zero attached hydrogens (tertiary/aromatic N) is 3. The summed E-state index contributed by atoms with van der Waals surface area (Å²) < 4.78 is 1.70. The highest BCUT2D eigenvalue weighted by Crippen LogP contribution is 2.17. The molecule has 0 N–H and O–H groups in total. The number of ketones is 1. The zero-order chi connectivity index (χ0) is 17.8. The van der Waals surface area contributed by atoms with E-state index in [0.29, 0.717) is 11.1 Å². The number of aromatic nitrogens is 2. The van der Waals surface area contributed by atoms with Gasteiger partial charge in [-0.15, -0.1) is 0 Å². The number of non-ortho nitro benzene ring substituents is 1. The minimum absolute atomic E-state index is 0.0114. The molecule has 1 aromatic heterocycles. The standard InChI is InChI=1S/C19H15N3O3/c1-14-18(13-20-21(14)16-7-3-2-4-8-16)19(23)11-10-15-6-5-9-17(12-15)22(24)25/h2-13H,1H3/b11-10+. The van der Waals surface area contributed by atoms with Crippen molar-refractivity contribution in [3.63, 3.8) is 0 Å². The first-order valence-corrected chi connectivity index (χ1v) is 7.63. The van der Waals surface area contributed by atoms with Crippen molar-refractivity contribution in [1.82, 2.24) is 9.78 Å². The SMILES string of the molecule is Cc1c(C(=O)/C=C/c2cccc([N+](=O)[O-])c2)cnn1-c1ccccc1. The van der Waals surface area contributed by atoms with Crippen molar-refractivity contribution in [3.05, 3.63) is 93.8 Å². The van der Waals surface area contributed by atoms with Gasteiger partial charge < -0.3 is 0 Å². The summed E-state index contributed by atoms with van der Waals surface area (Å²) in [5.74, 6) is -0.203. The number of hydrogen-bond donors (Lipinski definition) is 0. The lowest BCUT2D eigenvalue weighted by Crippen LogP contribution is -2.01. The van der Waals surface area contributed by atoms with E-state index in [2.05, 4.69) is 5.10 Å². The van der Waals surface area contributed by atoms with Gasteiger partial charge in [0.2, 0.25) is 0 Å². The van der Waals surface area contributed by atoms with E-state index in [-0.39, 0.29) is 11.5 Å². The van der Waals surface area contributed by atoms with Crippen LogP contribution in [0.3, 0.4) is 0 Å². The van der Waals surface area contributed by atoms with E-state index in [0.717, 1.165) is 11.4 Å². The molecule has 0 amide bonds. The van der Waals surface area contributed by atoms with Crippen molar-refractivity contribution >= 4 is 17.5 Å². The van der Waals surface area contributed by atoms with Gasteiger partial charge in [0.1, 0.15) is 0 Å². The molecule has 0 radical (unpaired) electrons. The Hall–Kier alpha value is -3.54. The van der Waals surface area contributed by atoms with E-state index in [1.54, 1.807) is 22.9 Å². The number of allylic oxidation sites excluding steroid dienone is 1. The average molecular weight is 333 g/mol. The number of nitro groups is 1. The van der Waals surface area contributed by atoms with Crippen molar-refractivity contribution in [3.8, 4) is 5.69 Å². The molecule has 0 fully saturated rings. The number of para-hydroxylation sites is 1. The van der Waals surface area contributed by atoms with Crippen LogP contribution in [0.5, 0.6) is 0 Å². The largest absolute Gasteiger partial charge is 0.289 e. The van der Waals surface area contributed by atoms with Gasteiger partial charge in [0, 0.05) is 12.1 Å². The van der Waals surface area contributed by atoms with E-state index in [4.69, 9.17) is 0 Å². The second kappa shape index (κ2) is 6.92. The van der Waals surface area contributed by atoms with Crippen molar-refractivity contribution in [1.29, 1.82) is 0 Å². The van der Waals surface area contributed by atoms with Crippen molar-refractivity contribution in [2.75, 3.05) is 0 Å². The smallest absolute Gasteiger partial charge is 0.270 e. The number of carbonyl (C=O) groups excluding carboxylic acids is 1. The summed E-state index contributed by atoms with van der Waals surface area (Å²) in [6.07, 6.45) is 4.50. The summed E-state index contributed by atoms with van der Waals surface area (Å²) in [5.41, 5.74) is 2.69. The fourth-order valence-corrected chi connectivity index (χ4v) is 2.48. The zero-order valence-electron chi connectivity index (χ0n) is 13.5. The molecular formula is C19H15N3O3. The second-order valence-electron chi connectivity index (χ2n) is 5.44. The third-order valence-corrected chi connectivity index (χ3v) is 3.78. The Bertz CT molecular complexity index is 959. The molecule has 0 spiro atoms. The van der Waals surface area contributed by atoms with Crippen LogP contribution in [0.4, 0.5) is 5.69 Å². The van der Waals surface area contributed by atoms with Crippen molar-refractivity contribution in [2.45, 2.75) is 6.92 Å². The summed E-state index contributed by atoms with van der Waals surface area (Å²) in [7, 11) is 0. The Morgan fingerprint density at radius 2 is 1.92 bits per heavy atom. The van der Waals surface area contributed by atoms with E-state index >= 15 is 0 Å². The lowest BCUT2D eigenvalue weighted by molar-refractivity contribution is -0.384. The second-order valence-corrected chi connectivity index (χ2v) is 5.44. The Morgan fingerprint density at radius 1 is 1.16 bits per heavy atom. The number of rotatable bonds is 5. The lowest BCUT2D eigenvalue weighted by atomic mass is 10.1. The summed E-state index contributed by atoms with van der Waals surface area (Å²) in [6.45, 7) is 1.83. The van der Waals surface area contributed by atoms with Gasteiger partial charge in [0.05, 0.1) is 28.1 Å². The molecule has 0 aliphatic carbocycles. The van der Waals surface area contributed by atoms with Gasteiger partial charge in [-0.25, -0.2) is 4.68 Å². The minimum atomic E-state index is -0.465. The first kappa shape index (κ1) is 16.3. The average Bonchev–Trinajstić information content (AvgIpc) is 3.02. The van der Waals surface area contributed by atoms with Crippen LogP contribution < -0.4 is 0 Å². The normalized spacial score (nSPS) is 10.9. The summed E-state index contributed by atoms with van der Waals surface area (Å²) in [5, 5.41) is 15.1. The number of carbonyl (C=O) groups is 1. The van der Waals surface area contributed by atoms with Crippen LogP contribution in [-0.2, 0) is 0 Å². The Labute approximate surface area is 144 Å². The zero-order valence-corrected chi connectivity index (χ0v) is 13.5. The molecule has 1 heterocycles. The predicted octanol–water partition coefficient (Wildman–Crippen LogP) is 3.99. The van der Waals surface area contributed by atoms with Gasteiger partial charge in [-0.3, -0.25) is 14.9 Å². The Kier molecular flexibility index (Phi) is 4.52. The highest BCUT2D eigenvalue weighted by atomic mass is 16.6. The molecule has 0 saturated heterocycles. The van der Waals surface area contributed by atoms with Crippen molar-refractivity contribution in [2.24, 2.45) is 0 Å². The monoisotopic (exact) mass is 333 g/mol. The number of nitro benzene ring substituents is 1. The molecule has 0 bridgehead atoms. The maximum absolute atomic E-state index is 12.4. The molecule has 3 aromatic rings. The van der Waals surface area contributed by atoms with E-state index < -0.39 is 4.92 Å². The Morgan fingerprint density at radius 3 is 2.64 bits per heavy atom. The topological polar surface area (TPSA) is 78.0 Å². The maximum atomic E-state index is 12.4.